The summed E-state index contributed by atoms with van der Waals surface area (Å²) in [5.41, 5.74) is 5.56. The summed E-state index contributed by atoms with van der Waals surface area (Å²) in [6.07, 6.45) is 1.81. The highest BCUT2D eigenvalue weighted by molar-refractivity contribution is 8.00. The minimum atomic E-state index is -1.76. The highest BCUT2D eigenvalue weighted by Crippen LogP contribution is 2.40. The molecule has 0 aromatic carbocycles. The van der Waals surface area contributed by atoms with Crippen molar-refractivity contribution in [3.05, 3.63) is 52.0 Å². The van der Waals surface area contributed by atoms with E-state index in [1.165, 1.54) is 31.0 Å². The molecule has 0 radical (unpaired) electrons. The average Bonchev–Trinajstić information content (AvgIpc) is 3.54. The fraction of sp³-hybridized carbons (Fsp3) is 0.346. The van der Waals surface area contributed by atoms with Crippen LogP contribution in [0.15, 0.2) is 44.6 Å². The molecule has 5 rings (SSSR count). The first-order chi connectivity index (χ1) is 19.8. The van der Waals surface area contributed by atoms with Gasteiger partial charge in [-0.25, -0.2) is 14.6 Å². The summed E-state index contributed by atoms with van der Waals surface area (Å²) in [4.78, 5) is 60.7. The maximum Gasteiger partial charge on any atom is 0.381 e. The summed E-state index contributed by atoms with van der Waals surface area (Å²) in [6.45, 7) is 6.47. The third-order valence-electron chi connectivity index (χ3n) is 6.78. The molecule has 0 saturated carbocycles. The number of nitrogens with one attached hydrogen (secondary N) is 1. The van der Waals surface area contributed by atoms with E-state index in [0.717, 1.165) is 32.9 Å². The Labute approximate surface area is 246 Å². The molecule has 0 bridgehead atoms. The Morgan fingerprint density at radius 3 is 2.71 bits per heavy atom. The zero-order valence-electron chi connectivity index (χ0n) is 22.9. The number of carboxylic acid groups (broad SMARTS) is 2. The highest BCUT2D eigenvalue weighted by atomic mass is 32.2. The molecule has 1 fully saturated rings. The zero-order valence-corrected chi connectivity index (χ0v) is 24.5. The number of aromatic nitrogens is 2. The second-order valence-corrected chi connectivity index (χ2v) is 12.2. The minimum absolute atomic E-state index is 0.0270. The number of hydrogen-bond acceptors (Lipinski definition) is 11. The number of thiazole rings is 1. The van der Waals surface area contributed by atoms with Gasteiger partial charge in [0.25, 0.3) is 11.8 Å². The molecule has 42 heavy (non-hydrogen) atoms. The first kappa shape index (κ1) is 29.1. The van der Waals surface area contributed by atoms with Gasteiger partial charge in [-0.15, -0.1) is 23.1 Å². The van der Waals surface area contributed by atoms with Crippen LogP contribution in [0.1, 0.15) is 30.9 Å². The van der Waals surface area contributed by atoms with E-state index in [1.807, 2.05) is 32.2 Å². The molecular formula is C26H27N6O8S2+. The fourth-order valence-corrected chi connectivity index (χ4v) is 6.38. The SMILES string of the molecule is Cc1cc2c(C)cc[n+](CC3=C(C(=O)O)N4C(=O)C(NC(=O)/C(=N/OC(C)(C)C(=O)O)c5csc(N)n5)C4SC3)c2o1. The molecule has 0 aliphatic carbocycles. The lowest BCUT2D eigenvalue weighted by atomic mass is 10.0. The van der Waals surface area contributed by atoms with Gasteiger partial charge in [0.1, 0.15) is 28.6 Å². The average molecular weight is 616 g/mol. The Morgan fingerprint density at radius 1 is 1.33 bits per heavy atom. The van der Waals surface area contributed by atoms with Crippen LogP contribution in [0.3, 0.4) is 0 Å². The van der Waals surface area contributed by atoms with Gasteiger partial charge >= 0.3 is 17.7 Å². The van der Waals surface area contributed by atoms with Gasteiger partial charge in [0.05, 0.1) is 5.39 Å². The van der Waals surface area contributed by atoms with Crippen molar-refractivity contribution in [2.24, 2.45) is 5.16 Å². The second-order valence-electron chi connectivity index (χ2n) is 10.2. The van der Waals surface area contributed by atoms with Crippen LogP contribution in [0.4, 0.5) is 5.13 Å². The smallest absolute Gasteiger partial charge is 0.381 e. The number of carbonyl (C=O) groups is 4. The Bertz CT molecular complexity index is 1710. The largest absolute Gasteiger partial charge is 0.478 e. The second kappa shape index (κ2) is 10.8. The number of hydrogen-bond donors (Lipinski definition) is 4. The number of carbonyl (C=O) groups excluding carboxylic acids is 2. The van der Waals surface area contributed by atoms with Crippen LogP contribution in [0, 0.1) is 13.8 Å². The summed E-state index contributed by atoms with van der Waals surface area (Å²) < 4.78 is 7.67. The lowest BCUT2D eigenvalue weighted by molar-refractivity contribution is -0.669. The van der Waals surface area contributed by atoms with E-state index < -0.39 is 40.8 Å². The van der Waals surface area contributed by atoms with E-state index in [9.17, 15) is 29.4 Å². The number of fused-ring (bicyclic) bond motifs is 2. The number of aryl methyl sites for hydroxylation is 2. The summed E-state index contributed by atoms with van der Waals surface area (Å²) in [5, 5.41) is 27.5. The molecular weight excluding hydrogens is 588 g/mol. The van der Waals surface area contributed by atoms with E-state index in [-0.39, 0.29) is 34.5 Å². The molecule has 2 amide bonds. The van der Waals surface area contributed by atoms with Crippen LogP contribution in [0.2, 0.25) is 0 Å². The van der Waals surface area contributed by atoms with Crippen molar-refractivity contribution in [2.45, 2.75) is 51.3 Å². The molecule has 0 spiro atoms. The molecule has 2 unspecified atom stereocenters. The van der Waals surface area contributed by atoms with Gasteiger partial charge in [-0.3, -0.25) is 14.5 Å². The first-order valence-corrected chi connectivity index (χ1v) is 14.5. The topological polar surface area (TPSA) is 202 Å². The highest BCUT2D eigenvalue weighted by Gasteiger charge is 2.55. The summed E-state index contributed by atoms with van der Waals surface area (Å²) >= 11 is 2.33. The van der Waals surface area contributed by atoms with Crippen molar-refractivity contribution in [3.8, 4) is 0 Å². The van der Waals surface area contributed by atoms with Crippen LogP contribution in [-0.4, -0.2) is 72.3 Å². The van der Waals surface area contributed by atoms with Crippen LogP contribution in [0.25, 0.3) is 11.1 Å². The summed E-state index contributed by atoms with van der Waals surface area (Å²) in [5.74, 6) is -3.07. The number of β-lactam (4-membered cyclic amide) rings is 1. The first-order valence-electron chi connectivity index (χ1n) is 12.6. The third kappa shape index (κ3) is 5.18. The monoisotopic (exact) mass is 615 g/mol. The van der Waals surface area contributed by atoms with E-state index in [2.05, 4.69) is 15.5 Å². The Hall–Kier alpha value is -4.44. The standard InChI is InChI=1S/C26H26N6O8S2/c1-11-5-6-31(21-14(11)7-12(2)39-21)8-13-9-41-22-17(20(34)32(22)18(13)23(35)36)29-19(33)16(15-10-42-25(27)28-15)30-40-26(3,4)24(37)38/h5-7,10,17,22H,8-9H2,1-4H3,(H4-,27,28,29,33,35,36,37,38)/p+1/b30-16+. The van der Waals surface area contributed by atoms with Crippen molar-refractivity contribution in [1.82, 2.24) is 15.2 Å². The number of rotatable bonds is 9. The van der Waals surface area contributed by atoms with Gasteiger partial charge in [0.2, 0.25) is 5.60 Å². The molecule has 220 valence electrons. The maximum atomic E-state index is 13.3. The molecule has 16 heteroatoms. The Morgan fingerprint density at radius 2 is 2.07 bits per heavy atom. The number of pyridine rings is 1. The quantitative estimate of drug-likeness (QED) is 0.117. The van der Waals surface area contributed by atoms with Gasteiger partial charge in [-0.1, -0.05) is 5.16 Å². The van der Waals surface area contributed by atoms with E-state index in [1.54, 1.807) is 4.57 Å². The lowest BCUT2D eigenvalue weighted by Gasteiger charge is -2.49. The van der Waals surface area contributed by atoms with Gasteiger partial charge in [0, 0.05) is 22.8 Å². The number of aliphatic carboxylic acids is 2. The van der Waals surface area contributed by atoms with E-state index >= 15 is 0 Å². The van der Waals surface area contributed by atoms with Crippen molar-refractivity contribution >= 4 is 68.8 Å². The molecule has 1 saturated heterocycles. The number of anilines is 1. The number of amides is 2. The van der Waals surface area contributed by atoms with Gasteiger partial charge in [-0.05, 0) is 39.3 Å². The Balaban J connectivity index is 1.39. The molecule has 5 heterocycles. The van der Waals surface area contributed by atoms with Crippen LogP contribution >= 0.6 is 23.1 Å². The summed E-state index contributed by atoms with van der Waals surface area (Å²) in [7, 11) is 0. The van der Waals surface area contributed by atoms with Crippen molar-refractivity contribution < 1.29 is 43.2 Å². The molecule has 2 atom stereocenters. The molecule has 2 aliphatic heterocycles. The van der Waals surface area contributed by atoms with Gasteiger partial charge < -0.3 is 30.5 Å². The van der Waals surface area contributed by atoms with Crippen molar-refractivity contribution in [1.29, 1.82) is 0 Å². The number of thioether (sulfide) groups is 1. The molecule has 3 aromatic rings. The summed E-state index contributed by atoms with van der Waals surface area (Å²) in [6, 6.07) is 2.75. The lowest BCUT2D eigenvalue weighted by Crippen LogP contribution is -2.71. The maximum absolute atomic E-state index is 13.3. The zero-order chi connectivity index (χ0) is 30.5. The molecule has 5 N–H and O–H groups in total. The third-order valence-corrected chi connectivity index (χ3v) is 8.80. The molecule has 2 aliphatic rings. The number of nitrogens with zero attached hydrogens (tertiary/aromatic N) is 4. The Kier molecular flexibility index (Phi) is 7.44. The van der Waals surface area contributed by atoms with Crippen LogP contribution < -0.4 is 15.6 Å². The van der Waals surface area contributed by atoms with E-state index in [4.69, 9.17) is 15.0 Å². The fourth-order valence-electron chi connectivity index (χ4n) is 4.50. The van der Waals surface area contributed by atoms with Gasteiger partial charge in [-0.2, -0.15) is 4.57 Å². The van der Waals surface area contributed by atoms with E-state index in [0.29, 0.717) is 11.3 Å². The predicted molar refractivity (Wildman–Crippen MR) is 151 cm³/mol. The predicted octanol–water partition coefficient (Wildman–Crippen LogP) is 1.40. The number of nitrogen functional groups attached to an aromatic ring is 1. The molecule has 14 nitrogen and oxygen atoms in total. The van der Waals surface area contributed by atoms with Crippen LogP contribution in [-0.2, 0) is 30.6 Å². The van der Waals surface area contributed by atoms with Gasteiger partial charge in [0.15, 0.2) is 23.6 Å². The normalized spacial score (nSPS) is 19.0. The number of furan rings is 1. The van der Waals surface area contributed by atoms with Crippen LogP contribution in [0.5, 0.6) is 0 Å². The van der Waals surface area contributed by atoms with Crippen molar-refractivity contribution in [3.63, 3.8) is 0 Å². The van der Waals surface area contributed by atoms with Crippen molar-refractivity contribution in [2.75, 3.05) is 11.5 Å². The minimum Gasteiger partial charge on any atom is -0.478 e. The number of carboxylic acids is 2. The number of oxime groups is 1. The number of nitrogens with two attached hydrogens (primary N) is 1. The molecule has 3 aromatic heterocycles.